The average Bonchev–Trinajstić information content (AvgIpc) is 3.35. The van der Waals surface area contributed by atoms with E-state index in [-0.39, 0.29) is 6.42 Å². The lowest BCUT2D eigenvalue weighted by Gasteiger charge is -2.14. The molecule has 36 heavy (non-hydrogen) atoms. The van der Waals surface area contributed by atoms with Crippen LogP contribution in [-0.4, -0.2) is 10.1 Å². The van der Waals surface area contributed by atoms with Crippen molar-refractivity contribution in [2.45, 2.75) is 89.8 Å². The standard InChI is InChI=1S/C28H34F3N3O2/c1-2-3-4-5-6-7-8-9-10-14-26-32-27(36-34-26)23-13-11-12-22(20-23)25(33-35)19-21-15-17-24(18-16-21)28(29,30)31/h11-13,15-18,20,25H,2-10,14,19H2,1H3. The Morgan fingerprint density at radius 3 is 2.22 bits per heavy atom. The molecule has 3 rings (SSSR count). The number of hydrogen-bond acceptors (Lipinski definition) is 3. The monoisotopic (exact) mass is 501 g/mol. The number of benzene rings is 2. The summed E-state index contributed by atoms with van der Waals surface area (Å²) in [6.07, 6.45) is 7.76. The van der Waals surface area contributed by atoms with Crippen molar-refractivity contribution in [3.05, 3.63) is 71.0 Å². The molecular weight excluding hydrogens is 467 g/mol. The maximum absolute atomic E-state index is 12.8. The molecule has 0 aliphatic carbocycles. The van der Waals surface area contributed by atoms with Crippen molar-refractivity contribution in [1.29, 1.82) is 0 Å². The summed E-state index contributed by atoms with van der Waals surface area (Å²) in [5, 5.41) is 15.7. The summed E-state index contributed by atoms with van der Waals surface area (Å²) in [7, 11) is 0. The molecule has 0 bridgehead atoms. The summed E-state index contributed by atoms with van der Waals surface area (Å²) in [5.41, 5.74) is 4.40. The number of unbranched alkanes of at least 4 members (excludes halogenated alkanes) is 8. The predicted molar refractivity (Wildman–Crippen MR) is 131 cm³/mol. The lowest BCUT2D eigenvalue weighted by atomic mass is 9.97. The van der Waals surface area contributed by atoms with Gasteiger partial charge in [-0.25, -0.2) is 0 Å². The van der Waals surface area contributed by atoms with E-state index < -0.39 is 17.8 Å². The van der Waals surface area contributed by atoms with E-state index in [0.717, 1.165) is 31.4 Å². The first kappa shape index (κ1) is 27.9. The Bertz CT molecular complexity index is 1040. The molecule has 1 heterocycles. The van der Waals surface area contributed by atoms with E-state index in [1.807, 2.05) is 6.07 Å². The number of hydrogen-bond donors (Lipinski definition) is 0. The highest BCUT2D eigenvalue weighted by atomic mass is 19.4. The van der Waals surface area contributed by atoms with Crippen LogP contribution in [0.5, 0.6) is 0 Å². The van der Waals surface area contributed by atoms with E-state index in [9.17, 15) is 18.4 Å². The van der Waals surface area contributed by atoms with Crippen LogP contribution in [0.3, 0.4) is 0 Å². The minimum Gasteiger partial charge on any atom is -0.334 e. The second-order valence-electron chi connectivity index (χ2n) is 9.24. The number of rotatable bonds is 15. The predicted octanol–water partition coefficient (Wildman–Crippen LogP) is 8.06. The Morgan fingerprint density at radius 1 is 0.917 bits per heavy atom. The van der Waals surface area contributed by atoms with Crippen molar-refractivity contribution in [3.8, 4) is 11.5 Å². The molecule has 2 radical (unpaired) electrons. The van der Waals surface area contributed by atoms with Crippen LogP contribution in [0, 0.1) is 0 Å². The van der Waals surface area contributed by atoms with Gasteiger partial charge in [-0.05, 0) is 48.2 Å². The third-order valence-electron chi connectivity index (χ3n) is 6.33. The zero-order valence-electron chi connectivity index (χ0n) is 20.8. The van der Waals surface area contributed by atoms with Gasteiger partial charge in [0, 0.05) is 12.0 Å². The maximum atomic E-state index is 12.8. The number of aryl methyl sites for hydroxylation is 1. The summed E-state index contributed by atoms with van der Waals surface area (Å²) in [4.78, 5) is 4.50. The number of halogens is 3. The smallest absolute Gasteiger partial charge is 0.334 e. The van der Waals surface area contributed by atoms with E-state index in [1.54, 1.807) is 18.2 Å². The maximum Gasteiger partial charge on any atom is 0.416 e. The van der Waals surface area contributed by atoms with Gasteiger partial charge in [0.25, 0.3) is 5.89 Å². The Kier molecular flexibility index (Phi) is 10.9. The van der Waals surface area contributed by atoms with Crippen molar-refractivity contribution in [2.24, 2.45) is 0 Å². The fourth-order valence-corrected chi connectivity index (χ4v) is 4.21. The van der Waals surface area contributed by atoms with Crippen molar-refractivity contribution in [2.75, 3.05) is 0 Å². The van der Waals surface area contributed by atoms with Crippen molar-refractivity contribution in [3.63, 3.8) is 0 Å². The highest BCUT2D eigenvalue weighted by Gasteiger charge is 2.30. The van der Waals surface area contributed by atoms with Crippen LogP contribution in [0.4, 0.5) is 13.2 Å². The number of nitrogens with zero attached hydrogens (tertiary/aromatic N) is 3. The van der Waals surface area contributed by atoms with Gasteiger partial charge in [-0.15, -0.1) is 5.21 Å². The van der Waals surface area contributed by atoms with Crippen molar-refractivity contribution in [1.82, 2.24) is 15.6 Å². The van der Waals surface area contributed by atoms with E-state index >= 15 is 0 Å². The SMILES string of the molecule is CCCCCCCCCCCc1noc(-c2cccc(C(Cc3ccc(C(F)(F)F)cc3)[N][O])c2)n1. The Balaban J connectivity index is 1.52. The molecule has 1 unspecified atom stereocenters. The van der Waals surface area contributed by atoms with Gasteiger partial charge < -0.3 is 4.52 Å². The van der Waals surface area contributed by atoms with Crippen LogP contribution in [-0.2, 0) is 24.2 Å². The second-order valence-corrected chi connectivity index (χ2v) is 9.24. The first-order valence-electron chi connectivity index (χ1n) is 12.8. The van der Waals surface area contributed by atoms with Crippen LogP contribution < -0.4 is 5.48 Å². The highest BCUT2D eigenvalue weighted by Crippen LogP contribution is 2.30. The van der Waals surface area contributed by atoms with Gasteiger partial charge in [0.15, 0.2) is 5.82 Å². The van der Waals surface area contributed by atoms with Gasteiger partial charge >= 0.3 is 6.18 Å². The van der Waals surface area contributed by atoms with E-state index in [0.29, 0.717) is 28.4 Å². The van der Waals surface area contributed by atoms with Crippen LogP contribution in [0.1, 0.15) is 93.3 Å². The molecule has 0 saturated heterocycles. The number of alkyl halides is 3. The number of aromatic nitrogens is 2. The van der Waals surface area contributed by atoms with E-state index in [4.69, 9.17) is 4.52 Å². The molecule has 0 aliphatic rings. The molecule has 1 aromatic heterocycles. The zero-order valence-corrected chi connectivity index (χ0v) is 20.8. The average molecular weight is 502 g/mol. The molecule has 0 amide bonds. The molecule has 2 aromatic carbocycles. The van der Waals surface area contributed by atoms with E-state index in [1.165, 1.54) is 57.1 Å². The molecule has 0 N–H and O–H groups in total. The molecule has 0 saturated carbocycles. The quantitative estimate of drug-likeness (QED) is 0.156. The molecule has 8 heteroatoms. The van der Waals surface area contributed by atoms with Gasteiger partial charge in [0.05, 0.1) is 11.6 Å². The van der Waals surface area contributed by atoms with E-state index in [2.05, 4.69) is 22.5 Å². The summed E-state index contributed by atoms with van der Waals surface area (Å²) in [6, 6.07) is 11.2. The van der Waals surface area contributed by atoms with Crippen LogP contribution >= 0.6 is 0 Å². The first-order chi connectivity index (χ1) is 17.4. The minimum atomic E-state index is -4.40. The topological polar surface area (TPSA) is 72.9 Å². The van der Waals surface area contributed by atoms with Crippen LogP contribution in [0.15, 0.2) is 53.1 Å². The Labute approximate surface area is 211 Å². The summed E-state index contributed by atoms with van der Waals surface area (Å²) >= 11 is 0. The fourth-order valence-electron chi connectivity index (χ4n) is 4.21. The highest BCUT2D eigenvalue weighted by molar-refractivity contribution is 5.54. The Morgan fingerprint density at radius 2 is 1.58 bits per heavy atom. The molecule has 3 aromatic rings. The van der Waals surface area contributed by atoms with Gasteiger partial charge in [0.2, 0.25) is 0 Å². The van der Waals surface area contributed by atoms with Crippen molar-refractivity contribution >= 4 is 0 Å². The summed E-state index contributed by atoms with van der Waals surface area (Å²) < 4.78 is 43.8. The molecule has 1 atom stereocenters. The molecule has 5 nitrogen and oxygen atoms in total. The van der Waals surface area contributed by atoms with Crippen molar-refractivity contribution < 1.29 is 22.9 Å². The lowest BCUT2D eigenvalue weighted by molar-refractivity contribution is -0.137. The summed E-state index contributed by atoms with van der Waals surface area (Å²) in [6.45, 7) is 2.23. The first-order valence-corrected chi connectivity index (χ1v) is 12.8. The zero-order chi connectivity index (χ0) is 25.8. The molecule has 0 aliphatic heterocycles. The second kappa shape index (κ2) is 14.1. The molecule has 194 valence electrons. The number of hydroxylamine groups is 1. The van der Waals surface area contributed by atoms with Crippen LogP contribution in [0.2, 0.25) is 0 Å². The molecule has 0 fully saturated rings. The normalized spacial score (nSPS) is 12.7. The molecular formula is C28H34F3N3O2. The van der Waals surface area contributed by atoms with Gasteiger partial charge in [-0.2, -0.15) is 18.2 Å². The third-order valence-corrected chi connectivity index (χ3v) is 6.33. The van der Waals surface area contributed by atoms with Gasteiger partial charge in [0.1, 0.15) is 0 Å². The third kappa shape index (κ3) is 8.75. The lowest BCUT2D eigenvalue weighted by Crippen LogP contribution is -2.13. The minimum absolute atomic E-state index is 0.193. The fraction of sp³-hybridized carbons (Fsp3) is 0.500. The van der Waals surface area contributed by atoms with Crippen LogP contribution in [0.25, 0.3) is 11.5 Å². The molecule has 0 spiro atoms. The van der Waals surface area contributed by atoms with Gasteiger partial charge in [-0.1, -0.05) is 93.2 Å². The Hall–Kier alpha value is -2.71. The van der Waals surface area contributed by atoms with Gasteiger partial charge in [-0.3, -0.25) is 0 Å². The largest absolute Gasteiger partial charge is 0.416 e. The summed E-state index contributed by atoms with van der Waals surface area (Å²) in [5.74, 6) is 1.04.